The number of benzene rings is 1. The molecule has 0 fully saturated rings. The maximum absolute atomic E-state index is 12.2. The molecule has 11 nitrogen and oxygen atoms in total. The van der Waals surface area contributed by atoms with Gasteiger partial charge in [0.25, 0.3) is 11.8 Å². The van der Waals surface area contributed by atoms with E-state index in [1.807, 2.05) is 0 Å². The molecule has 0 unspecified atom stereocenters. The summed E-state index contributed by atoms with van der Waals surface area (Å²) in [6.45, 7) is 0. The summed E-state index contributed by atoms with van der Waals surface area (Å²) in [4.78, 5) is 34.4. The number of aromatic nitrogens is 4. The third-order valence-corrected chi connectivity index (χ3v) is 3.37. The number of nitro groups is 1. The zero-order valence-electron chi connectivity index (χ0n) is 13.5. The number of anilines is 2. The van der Waals surface area contributed by atoms with Gasteiger partial charge in [0.05, 0.1) is 4.92 Å². The van der Waals surface area contributed by atoms with Gasteiger partial charge in [-0.15, -0.1) is 0 Å². The molecule has 132 valence electrons. The first-order valence-electron chi connectivity index (χ1n) is 7.34. The molecule has 0 radical (unpaired) electrons. The Morgan fingerprint density at radius 2 is 1.88 bits per heavy atom. The van der Waals surface area contributed by atoms with Crippen LogP contribution >= 0.6 is 0 Å². The molecule has 3 N–H and O–H groups in total. The number of hydrogen-bond donors (Lipinski definition) is 3. The summed E-state index contributed by atoms with van der Waals surface area (Å²) in [5, 5.41) is 25.8. The minimum absolute atomic E-state index is 0.245. The molecule has 1 aromatic carbocycles. The van der Waals surface area contributed by atoms with E-state index in [1.54, 1.807) is 37.5 Å². The van der Waals surface area contributed by atoms with Gasteiger partial charge in [0.2, 0.25) is 5.69 Å². The maximum Gasteiger partial charge on any atom is 0.319 e. The Labute approximate surface area is 146 Å². The van der Waals surface area contributed by atoms with E-state index < -0.39 is 22.4 Å². The third-order valence-electron chi connectivity index (χ3n) is 3.37. The van der Waals surface area contributed by atoms with E-state index in [0.717, 1.165) is 6.20 Å². The van der Waals surface area contributed by atoms with Crippen LogP contribution in [0.1, 0.15) is 21.0 Å². The first-order chi connectivity index (χ1) is 12.4. The van der Waals surface area contributed by atoms with Crippen LogP contribution in [0.15, 0.2) is 42.7 Å². The highest BCUT2D eigenvalue weighted by molar-refractivity contribution is 6.06. The monoisotopic (exact) mass is 355 g/mol. The van der Waals surface area contributed by atoms with Gasteiger partial charge in [-0.1, -0.05) is 6.07 Å². The largest absolute Gasteiger partial charge is 0.321 e. The number of carbonyl (C=O) groups is 2. The van der Waals surface area contributed by atoms with Crippen molar-refractivity contribution in [3.8, 4) is 0 Å². The van der Waals surface area contributed by atoms with E-state index in [-0.39, 0.29) is 11.4 Å². The molecule has 0 saturated heterocycles. The van der Waals surface area contributed by atoms with Crippen LogP contribution < -0.4 is 10.6 Å². The third kappa shape index (κ3) is 3.56. The van der Waals surface area contributed by atoms with E-state index in [2.05, 4.69) is 25.9 Å². The number of nitrogens with zero attached hydrogens (tertiary/aromatic N) is 4. The van der Waals surface area contributed by atoms with Gasteiger partial charge in [-0.3, -0.25) is 29.5 Å². The lowest BCUT2D eigenvalue weighted by atomic mass is 10.2. The fourth-order valence-corrected chi connectivity index (χ4v) is 2.18. The number of amides is 2. The Bertz CT molecular complexity index is 991. The molecule has 0 saturated carbocycles. The molecule has 0 aliphatic rings. The van der Waals surface area contributed by atoms with Crippen molar-refractivity contribution in [2.24, 2.45) is 7.05 Å². The Balaban J connectivity index is 1.73. The van der Waals surface area contributed by atoms with Crippen LogP contribution in [0.5, 0.6) is 0 Å². The van der Waals surface area contributed by atoms with E-state index in [4.69, 9.17) is 0 Å². The summed E-state index contributed by atoms with van der Waals surface area (Å²) in [6, 6.07) is 7.91. The Morgan fingerprint density at radius 1 is 1.19 bits per heavy atom. The summed E-state index contributed by atoms with van der Waals surface area (Å²) in [5.74, 6) is -1.12. The predicted octanol–water partition coefficient (Wildman–Crippen LogP) is 1.56. The first-order valence-corrected chi connectivity index (χ1v) is 7.34. The fourth-order valence-electron chi connectivity index (χ4n) is 2.18. The number of rotatable bonds is 5. The molecule has 11 heteroatoms. The molecule has 0 aliphatic heterocycles. The second kappa shape index (κ2) is 6.84. The lowest BCUT2D eigenvalue weighted by Gasteiger charge is -2.07. The van der Waals surface area contributed by atoms with Crippen molar-refractivity contribution >= 4 is 28.9 Å². The summed E-state index contributed by atoms with van der Waals surface area (Å²) < 4.78 is 1.50. The molecular weight excluding hydrogens is 342 g/mol. The standard InChI is InChI=1S/C15H13N7O4/c1-21-6-5-11(20-21)14(23)17-9-3-2-4-10(7-9)18-15(24)13-12(22(25)26)8-16-19-13/h2-8H,1H3,(H,16,19)(H,17,23)(H,18,24). The van der Waals surface area contributed by atoms with Crippen LogP contribution in [0.4, 0.5) is 17.1 Å². The van der Waals surface area contributed by atoms with Gasteiger partial charge in [0.15, 0.2) is 5.69 Å². The molecule has 2 amide bonds. The zero-order chi connectivity index (χ0) is 18.7. The van der Waals surface area contributed by atoms with Crippen molar-refractivity contribution in [3.05, 3.63) is 64.2 Å². The maximum atomic E-state index is 12.2. The molecule has 26 heavy (non-hydrogen) atoms. The van der Waals surface area contributed by atoms with Gasteiger partial charge in [0.1, 0.15) is 6.20 Å². The normalized spacial score (nSPS) is 10.3. The van der Waals surface area contributed by atoms with Crippen LogP contribution in [-0.2, 0) is 7.05 Å². The molecule has 2 aromatic heterocycles. The average molecular weight is 355 g/mol. The molecule has 3 aromatic rings. The van der Waals surface area contributed by atoms with Crippen molar-refractivity contribution in [2.45, 2.75) is 0 Å². The summed E-state index contributed by atoms with van der Waals surface area (Å²) >= 11 is 0. The average Bonchev–Trinajstić information content (AvgIpc) is 3.24. The van der Waals surface area contributed by atoms with E-state index in [1.165, 1.54) is 10.7 Å². The molecule has 0 spiro atoms. The minimum Gasteiger partial charge on any atom is -0.321 e. The summed E-state index contributed by atoms with van der Waals surface area (Å²) in [6.07, 6.45) is 2.60. The van der Waals surface area contributed by atoms with Crippen LogP contribution in [0.25, 0.3) is 0 Å². The predicted molar refractivity (Wildman–Crippen MR) is 90.8 cm³/mol. The number of nitrogens with one attached hydrogen (secondary N) is 3. The Morgan fingerprint density at radius 3 is 2.50 bits per heavy atom. The molecule has 2 heterocycles. The number of aromatic amines is 1. The highest BCUT2D eigenvalue weighted by Gasteiger charge is 2.22. The number of H-pyrrole nitrogens is 1. The van der Waals surface area contributed by atoms with Gasteiger partial charge in [0, 0.05) is 24.6 Å². The quantitative estimate of drug-likeness (QED) is 0.467. The minimum atomic E-state index is -0.720. The highest BCUT2D eigenvalue weighted by atomic mass is 16.6. The second-order valence-electron chi connectivity index (χ2n) is 5.25. The van der Waals surface area contributed by atoms with Gasteiger partial charge >= 0.3 is 5.69 Å². The topological polar surface area (TPSA) is 148 Å². The van der Waals surface area contributed by atoms with Crippen molar-refractivity contribution in [1.82, 2.24) is 20.0 Å². The molecule has 0 bridgehead atoms. The van der Waals surface area contributed by atoms with Crippen molar-refractivity contribution in [1.29, 1.82) is 0 Å². The molecule has 0 atom stereocenters. The number of aryl methyl sites for hydroxylation is 1. The van der Waals surface area contributed by atoms with Gasteiger partial charge in [-0.25, -0.2) is 0 Å². The highest BCUT2D eigenvalue weighted by Crippen LogP contribution is 2.19. The Kier molecular flexibility index (Phi) is 4.43. The number of hydrogen-bond acceptors (Lipinski definition) is 6. The lowest BCUT2D eigenvalue weighted by Crippen LogP contribution is -2.15. The van der Waals surface area contributed by atoms with Gasteiger partial charge in [-0.05, 0) is 24.3 Å². The summed E-state index contributed by atoms with van der Waals surface area (Å²) in [7, 11) is 1.70. The smallest absolute Gasteiger partial charge is 0.319 e. The lowest BCUT2D eigenvalue weighted by molar-refractivity contribution is -0.385. The van der Waals surface area contributed by atoms with Crippen LogP contribution in [0.2, 0.25) is 0 Å². The van der Waals surface area contributed by atoms with Crippen molar-refractivity contribution in [3.63, 3.8) is 0 Å². The van der Waals surface area contributed by atoms with E-state index >= 15 is 0 Å². The van der Waals surface area contributed by atoms with Crippen LogP contribution in [0.3, 0.4) is 0 Å². The van der Waals surface area contributed by atoms with Gasteiger partial charge < -0.3 is 10.6 Å². The molecular formula is C15H13N7O4. The first kappa shape index (κ1) is 16.8. The SMILES string of the molecule is Cn1ccc(C(=O)Nc2cccc(NC(=O)c3[nH]ncc3[N+](=O)[O-])c2)n1. The van der Waals surface area contributed by atoms with Crippen molar-refractivity contribution in [2.75, 3.05) is 10.6 Å². The molecule has 3 rings (SSSR count). The van der Waals surface area contributed by atoms with E-state index in [0.29, 0.717) is 11.4 Å². The van der Waals surface area contributed by atoms with E-state index in [9.17, 15) is 19.7 Å². The number of carbonyl (C=O) groups excluding carboxylic acids is 2. The second-order valence-corrected chi connectivity index (χ2v) is 5.25. The van der Waals surface area contributed by atoms with Crippen LogP contribution in [-0.4, -0.2) is 36.7 Å². The fraction of sp³-hybridized carbons (Fsp3) is 0.0667. The Hall–Kier alpha value is -4.02. The summed E-state index contributed by atoms with van der Waals surface area (Å²) in [5.41, 5.74) is 0.324. The zero-order valence-corrected chi connectivity index (χ0v) is 13.5. The van der Waals surface area contributed by atoms with Crippen LogP contribution in [0, 0.1) is 10.1 Å². The van der Waals surface area contributed by atoms with Gasteiger partial charge in [-0.2, -0.15) is 10.2 Å². The van der Waals surface area contributed by atoms with Crippen molar-refractivity contribution < 1.29 is 14.5 Å². The molecule has 0 aliphatic carbocycles.